The second kappa shape index (κ2) is 13.3. The molecule has 1 atom stereocenters. The van der Waals surface area contributed by atoms with Crippen LogP contribution < -0.4 is 9.62 Å². The van der Waals surface area contributed by atoms with Crippen molar-refractivity contribution in [3.05, 3.63) is 101 Å². The third kappa shape index (κ3) is 8.47. The fourth-order valence-corrected chi connectivity index (χ4v) is 5.06. The lowest BCUT2D eigenvalue weighted by molar-refractivity contribution is -0.140. The van der Waals surface area contributed by atoms with Gasteiger partial charge in [-0.2, -0.15) is 0 Å². The van der Waals surface area contributed by atoms with Gasteiger partial charge in [0, 0.05) is 24.6 Å². The molecular formula is C30H34FN3O5S. The highest BCUT2D eigenvalue weighted by molar-refractivity contribution is 7.92. The van der Waals surface area contributed by atoms with Crippen molar-refractivity contribution < 1.29 is 27.2 Å². The fourth-order valence-electron chi connectivity index (χ4n) is 4.21. The Morgan fingerprint density at radius 2 is 1.55 bits per heavy atom. The van der Waals surface area contributed by atoms with Crippen LogP contribution in [0.25, 0.3) is 0 Å². The fraction of sp³-hybridized carbons (Fsp3) is 0.300. The SMILES string of the molecule is CC(=O)c1cccc(N(CC(=O)N(Cc2ccc(F)cc2)C(Cc2ccccc2)C(=O)NC(C)C)S(C)(=O)=O)c1. The van der Waals surface area contributed by atoms with E-state index < -0.39 is 40.2 Å². The minimum atomic E-state index is -3.97. The molecule has 0 aromatic heterocycles. The van der Waals surface area contributed by atoms with E-state index in [9.17, 15) is 27.2 Å². The predicted molar refractivity (Wildman–Crippen MR) is 153 cm³/mol. The Balaban J connectivity index is 2.07. The van der Waals surface area contributed by atoms with Gasteiger partial charge in [0.2, 0.25) is 21.8 Å². The molecule has 0 radical (unpaired) electrons. The molecule has 0 spiro atoms. The maximum Gasteiger partial charge on any atom is 0.244 e. The van der Waals surface area contributed by atoms with Gasteiger partial charge in [0.25, 0.3) is 0 Å². The Hall–Kier alpha value is -4.05. The number of anilines is 1. The van der Waals surface area contributed by atoms with Crippen LogP contribution in [0.4, 0.5) is 10.1 Å². The standard InChI is InChI=1S/C30H34FN3O5S/c1-21(2)32-30(37)28(17-23-9-6-5-7-10-23)33(19-24-13-15-26(31)16-14-24)29(36)20-34(40(4,38)39)27-12-8-11-25(18-27)22(3)35/h5-16,18,21,28H,17,19-20H2,1-4H3,(H,32,37). The molecule has 0 aliphatic carbocycles. The van der Waals surface area contributed by atoms with Crippen molar-refractivity contribution >= 4 is 33.3 Å². The molecule has 0 aliphatic rings. The summed E-state index contributed by atoms with van der Waals surface area (Å²) in [4.78, 5) is 40.7. The summed E-state index contributed by atoms with van der Waals surface area (Å²) in [6.07, 6.45) is 1.14. The van der Waals surface area contributed by atoms with Crippen molar-refractivity contribution in [3.63, 3.8) is 0 Å². The average molecular weight is 568 g/mol. The molecule has 1 N–H and O–H groups in total. The molecule has 0 saturated heterocycles. The van der Waals surface area contributed by atoms with Gasteiger partial charge < -0.3 is 10.2 Å². The first kappa shape index (κ1) is 30.5. The average Bonchev–Trinajstić information content (AvgIpc) is 2.89. The molecule has 3 rings (SSSR count). The Morgan fingerprint density at radius 1 is 0.900 bits per heavy atom. The minimum Gasteiger partial charge on any atom is -0.352 e. The summed E-state index contributed by atoms with van der Waals surface area (Å²) in [6.45, 7) is 4.30. The molecule has 0 fully saturated rings. The summed E-state index contributed by atoms with van der Waals surface area (Å²) in [7, 11) is -3.97. The third-order valence-electron chi connectivity index (χ3n) is 6.19. The van der Waals surface area contributed by atoms with Crippen LogP contribution in [0.3, 0.4) is 0 Å². The van der Waals surface area contributed by atoms with Crippen LogP contribution in [0.2, 0.25) is 0 Å². The van der Waals surface area contributed by atoms with Crippen LogP contribution in [0.15, 0.2) is 78.9 Å². The number of carbonyl (C=O) groups excluding carboxylic acids is 3. The van der Waals surface area contributed by atoms with Crippen molar-refractivity contribution in [2.75, 3.05) is 17.1 Å². The largest absolute Gasteiger partial charge is 0.352 e. The minimum absolute atomic E-state index is 0.0623. The van der Waals surface area contributed by atoms with Gasteiger partial charge in [0.15, 0.2) is 5.78 Å². The van der Waals surface area contributed by atoms with Gasteiger partial charge in [0.05, 0.1) is 11.9 Å². The highest BCUT2D eigenvalue weighted by Crippen LogP contribution is 2.22. The number of amides is 2. The Labute approximate surface area is 234 Å². The van der Waals surface area contributed by atoms with E-state index in [2.05, 4.69) is 5.32 Å². The van der Waals surface area contributed by atoms with Crippen LogP contribution in [0.1, 0.15) is 42.3 Å². The van der Waals surface area contributed by atoms with Gasteiger partial charge in [0.1, 0.15) is 18.4 Å². The maximum absolute atomic E-state index is 14.0. The summed E-state index contributed by atoms with van der Waals surface area (Å²) in [6, 6.07) is 19.5. The maximum atomic E-state index is 14.0. The van der Waals surface area contributed by atoms with Crippen LogP contribution in [-0.2, 0) is 32.6 Å². The summed E-state index contributed by atoms with van der Waals surface area (Å²) >= 11 is 0. The molecule has 40 heavy (non-hydrogen) atoms. The van der Waals surface area contributed by atoms with Crippen LogP contribution in [0.5, 0.6) is 0 Å². The predicted octanol–water partition coefficient (Wildman–Crippen LogP) is 3.96. The lowest BCUT2D eigenvalue weighted by atomic mass is 10.0. The zero-order valence-corrected chi connectivity index (χ0v) is 23.8. The molecule has 3 aromatic carbocycles. The number of sulfonamides is 1. The number of nitrogens with zero attached hydrogens (tertiary/aromatic N) is 2. The van der Waals surface area contributed by atoms with E-state index in [0.717, 1.165) is 16.1 Å². The number of hydrogen-bond donors (Lipinski definition) is 1. The van der Waals surface area contributed by atoms with E-state index in [1.807, 2.05) is 30.3 Å². The zero-order valence-electron chi connectivity index (χ0n) is 23.0. The summed E-state index contributed by atoms with van der Waals surface area (Å²) < 4.78 is 40.3. The lowest BCUT2D eigenvalue weighted by Gasteiger charge is -2.34. The normalized spacial score (nSPS) is 12.1. The lowest BCUT2D eigenvalue weighted by Crippen LogP contribution is -2.54. The van der Waals surface area contributed by atoms with Crippen LogP contribution >= 0.6 is 0 Å². The molecule has 0 saturated carbocycles. The van der Waals surface area contributed by atoms with Crippen LogP contribution in [0, 0.1) is 5.82 Å². The van der Waals surface area contributed by atoms with Crippen LogP contribution in [-0.4, -0.2) is 55.8 Å². The first-order valence-corrected chi connectivity index (χ1v) is 14.7. The van der Waals surface area contributed by atoms with Gasteiger partial charge in [-0.15, -0.1) is 0 Å². The number of carbonyl (C=O) groups is 3. The summed E-state index contributed by atoms with van der Waals surface area (Å²) in [5.41, 5.74) is 1.81. The molecule has 0 aliphatic heterocycles. The van der Waals surface area contributed by atoms with E-state index in [0.29, 0.717) is 11.1 Å². The van der Waals surface area contributed by atoms with E-state index in [1.165, 1.54) is 48.2 Å². The quantitative estimate of drug-likeness (QED) is 0.334. The number of benzene rings is 3. The molecule has 3 aromatic rings. The monoisotopic (exact) mass is 567 g/mol. The van der Waals surface area contributed by atoms with Crippen molar-refractivity contribution in [3.8, 4) is 0 Å². The number of rotatable bonds is 12. The topological polar surface area (TPSA) is 104 Å². The first-order valence-electron chi connectivity index (χ1n) is 12.8. The summed E-state index contributed by atoms with van der Waals surface area (Å²) in [5.74, 6) is -1.75. The summed E-state index contributed by atoms with van der Waals surface area (Å²) in [5, 5.41) is 2.87. The van der Waals surface area contributed by atoms with E-state index >= 15 is 0 Å². The number of hydrogen-bond acceptors (Lipinski definition) is 5. The van der Waals surface area contributed by atoms with Gasteiger partial charge in [-0.1, -0.05) is 54.6 Å². The van der Waals surface area contributed by atoms with Crippen molar-refractivity contribution in [2.24, 2.45) is 0 Å². The highest BCUT2D eigenvalue weighted by Gasteiger charge is 2.33. The Bertz CT molecular complexity index is 1440. The molecule has 0 heterocycles. The van der Waals surface area contributed by atoms with Crippen molar-refractivity contribution in [2.45, 2.75) is 45.8 Å². The molecular weight excluding hydrogens is 533 g/mol. The number of nitrogens with one attached hydrogen (secondary N) is 1. The van der Waals surface area contributed by atoms with Crippen molar-refractivity contribution in [1.29, 1.82) is 0 Å². The van der Waals surface area contributed by atoms with Gasteiger partial charge >= 0.3 is 0 Å². The third-order valence-corrected chi connectivity index (χ3v) is 7.33. The first-order chi connectivity index (χ1) is 18.8. The van der Waals surface area contributed by atoms with E-state index in [4.69, 9.17) is 0 Å². The van der Waals surface area contributed by atoms with E-state index in [1.54, 1.807) is 26.0 Å². The molecule has 0 bridgehead atoms. The van der Waals surface area contributed by atoms with Gasteiger partial charge in [-0.3, -0.25) is 18.7 Å². The smallest absolute Gasteiger partial charge is 0.244 e. The number of Topliss-reactive ketones (excluding diaryl/α,β-unsaturated/α-hetero) is 1. The van der Waals surface area contributed by atoms with Gasteiger partial charge in [-0.05, 0) is 56.2 Å². The molecule has 10 heteroatoms. The van der Waals surface area contributed by atoms with Gasteiger partial charge in [-0.25, -0.2) is 12.8 Å². The zero-order chi connectivity index (χ0) is 29.4. The second-order valence-electron chi connectivity index (χ2n) is 9.89. The Kier molecular flexibility index (Phi) is 10.2. The molecule has 2 amide bonds. The number of halogens is 1. The van der Waals surface area contributed by atoms with E-state index in [-0.39, 0.29) is 30.5 Å². The number of ketones is 1. The molecule has 212 valence electrons. The molecule has 1 unspecified atom stereocenters. The Morgan fingerprint density at radius 3 is 2.12 bits per heavy atom. The highest BCUT2D eigenvalue weighted by atomic mass is 32.2. The second-order valence-corrected chi connectivity index (χ2v) is 11.8. The van der Waals surface area contributed by atoms with Crippen molar-refractivity contribution in [1.82, 2.24) is 10.2 Å². The molecule has 8 nitrogen and oxygen atoms in total.